The molecule has 2 aromatic carbocycles. The lowest BCUT2D eigenvalue weighted by Gasteiger charge is -2.28. The van der Waals surface area contributed by atoms with E-state index < -0.39 is 16.1 Å². The van der Waals surface area contributed by atoms with Crippen LogP contribution in [-0.4, -0.2) is 26.6 Å². The number of hydrogen-bond donors (Lipinski definition) is 1. The minimum absolute atomic E-state index is 0.372. The van der Waals surface area contributed by atoms with Crippen LogP contribution < -0.4 is 9.62 Å². The van der Waals surface area contributed by atoms with Crippen LogP contribution in [0.15, 0.2) is 48.5 Å². The van der Waals surface area contributed by atoms with Gasteiger partial charge in [0, 0.05) is 5.69 Å². The minimum Gasteiger partial charge on any atom is -0.324 e. The lowest BCUT2D eigenvalue weighted by Crippen LogP contribution is -2.45. The third-order valence-electron chi connectivity index (χ3n) is 4.39. The Hall–Kier alpha value is -2.34. The largest absolute Gasteiger partial charge is 0.324 e. The first kappa shape index (κ1) is 21.0. The SMILES string of the molecule is CCCCc1ccc(NC(=O)C(C)N(c2cccc(C)c2)S(C)(=O)=O)cc1. The number of anilines is 2. The number of unbranched alkanes of at least 4 members (excludes halogenated alkanes) is 1. The van der Waals surface area contributed by atoms with Crippen molar-refractivity contribution in [2.75, 3.05) is 15.9 Å². The number of hydrogen-bond acceptors (Lipinski definition) is 3. The number of nitrogens with one attached hydrogen (secondary N) is 1. The number of aryl methyl sites for hydroxylation is 2. The second-order valence-electron chi connectivity index (χ2n) is 6.86. The Bertz CT molecular complexity index is 877. The Kier molecular flexibility index (Phi) is 7.02. The lowest BCUT2D eigenvalue weighted by molar-refractivity contribution is -0.116. The van der Waals surface area contributed by atoms with E-state index in [1.54, 1.807) is 25.1 Å². The van der Waals surface area contributed by atoms with Gasteiger partial charge in [-0.15, -0.1) is 0 Å². The molecule has 0 saturated carbocycles. The Morgan fingerprint density at radius 1 is 1.15 bits per heavy atom. The van der Waals surface area contributed by atoms with Crippen LogP contribution in [-0.2, 0) is 21.2 Å². The molecule has 0 aliphatic rings. The number of carbonyl (C=O) groups is 1. The summed E-state index contributed by atoms with van der Waals surface area (Å²) in [5, 5.41) is 2.82. The Labute approximate surface area is 162 Å². The highest BCUT2D eigenvalue weighted by molar-refractivity contribution is 7.92. The molecule has 1 unspecified atom stereocenters. The van der Waals surface area contributed by atoms with Crippen molar-refractivity contribution in [1.29, 1.82) is 0 Å². The number of amides is 1. The maximum absolute atomic E-state index is 12.7. The second-order valence-corrected chi connectivity index (χ2v) is 8.72. The van der Waals surface area contributed by atoms with Gasteiger partial charge >= 0.3 is 0 Å². The van der Waals surface area contributed by atoms with Crippen molar-refractivity contribution in [2.24, 2.45) is 0 Å². The molecule has 1 amide bonds. The smallest absolute Gasteiger partial charge is 0.247 e. The van der Waals surface area contributed by atoms with Gasteiger partial charge in [-0.25, -0.2) is 8.42 Å². The molecule has 0 heterocycles. The van der Waals surface area contributed by atoms with E-state index in [4.69, 9.17) is 0 Å². The quantitative estimate of drug-likeness (QED) is 0.739. The molecule has 2 rings (SSSR count). The van der Waals surface area contributed by atoms with Crippen molar-refractivity contribution in [3.8, 4) is 0 Å². The lowest BCUT2D eigenvalue weighted by atomic mass is 10.1. The Morgan fingerprint density at radius 3 is 2.37 bits per heavy atom. The molecule has 0 saturated heterocycles. The summed E-state index contributed by atoms with van der Waals surface area (Å²) in [5.41, 5.74) is 3.29. The van der Waals surface area contributed by atoms with Gasteiger partial charge in [-0.1, -0.05) is 37.6 Å². The predicted molar refractivity (Wildman–Crippen MR) is 112 cm³/mol. The van der Waals surface area contributed by atoms with Crippen molar-refractivity contribution in [3.05, 3.63) is 59.7 Å². The molecule has 27 heavy (non-hydrogen) atoms. The van der Waals surface area contributed by atoms with E-state index in [9.17, 15) is 13.2 Å². The van der Waals surface area contributed by atoms with Gasteiger partial charge in [-0.2, -0.15) is 0 Å². The summed E-state index contributed by atoms with van der Waals surface area (Å²) < 4.78 is 25.8. The van der Waals surface area contributed by atoms with Crippen molar-refractivity contribution in [3.63, 3.8) is 0 Å². The predicted octanol–water partition coefficient (Wildman–Crippen LogP) is 4.13. The van der Waals surface area contributed by atoms with Gasteiger partial charge in [0.25, 0.3) is 0 Å². The number of carbonyl (C=O) groups excluding carboxylic acids is 1. The molecule has 0 aliphatic heterocycles. The Balaban J connectivity index is 2.17. The molecule has 0 aromatic heterocycles. The standard InChI is InChI=1S/C21H28N2O3S/c1-5-6-9-18-11-13-19(14-12-18)22-21(24)17(3)23(27(4,25)26)20-10-7-8-16(2)15-20/h7-8,10-15,17H,5-6,9H2,1-4H3,(H,22,24). The van der Waals surface area contributed by atoms with Gasteiger partial charge in [-0.05, 0) is 62.1 Å². The number of benzene rings is 2. The van der Waals surface area contributed by atoms with Crippen molar-refractivity contribution in [2.45, 2.75) is 46.1 Å². The molecule has 0 spiro atoms. The summed E-state index contributed by atoms with van der Waals surface area (Å²) >= 11 is 0. The molecule has 2 aromatic rings. The van der Waals surface area contributed by atoms with Crippen LogP contribution in [0.5, 0.6) is 0 Å². The zero-order valence-corrected chi connectivity index (χ0v) is 17.2. The summed E-state index contributed by atoms with van der Waals surface area (Å²) in [6.45, 7) is 5.63. The average molecular weight is 389 g/mol. The van der Waals surface area contributed by atoms with E-state index in [2.05, 4.69) is 12.2 Å². The minimum atomic E-state index is -3.62. The molecular formula is C21H28N2O3S. The number of sulfonamides is 1. The summed E-state index contributed by atoms with van der Waals surface area (Å²) in [4.78, 5) is 12.7. The molecule has 6 heteroatoms. The third-order valence-corrected chi connectivity index (χ3v) is 5.63. The molecule has 5 nitrogen and oxygen atoms in total. The molecule has 0 bridgehead atoms. The summed E-state index contributed by atoms with van der Waals surface area (Å²) in [6, 6.07) is 13.9. The molecule has 0 aliphatic carbocycles. The van der Waals surface area contributed by atoms with Gasteiger partial charge in [0.1, 0.15) is 6.04 Å². The normalized spacial score (nSPS) is 12.4. The molecule has 0 radical (unpaired) electrons. The topological polar surface area (TPSA) is 66.5 Å². The zero-order valence-electron chi connectivity index (χ0n) is 16.4. The van der Waals surface area contributed by atoms with Crippen LogP contribution >= 0.6 is 0 Å². The van der Waals surface area contributed by atoms with Crippen molar-refractivity contribution in [1.82, 2.24) is 0 Å². The monoisotopic (exact) mass is 388 g/mol. The maximum atomic E-state index is 12.7. The molecule has 1 atom stereocenters. The fourth-order valence-electron chi connectivity index (χ4n) is 2.96. The van der Waals surface area contributed by atoms with Crippen molar-refractivity contribution >= 4 is 27.3 Å². The first-order chi connectivity index (χ1) is 12.7. The summed E-state index contributed by atoms with van der Waals surface area (Å²) in [5.74, 6) is -0.372. The average Bonchev–Trinajstić information content (AvgIpc) is 2.60. The van der Waals surface area contributed by atoms with E-state index >= 15 is 0 Å². The van der Waals surface area contributed by atoms with E-state index in [-0.39, 0.29) is 5.91 Å². The summed E-state index contributed by atoms with van der Waals surface area (Å²) in [6.07, 6.45) is 4.39. The molecule has 0 fully saturated rings. The van der Waals surface area contributed by atoms with Crippen LogP contribution in [0.2, 0.25) is 0 Å². The van der Waals surface area contributed by atoms with Gasteiger partial charge in [0.15, 0.2) is 0 Å². The van der Waals surface area contributed by atoms with E-state index in [0.717, 1.165) is 35.4 Å². The molecule has 146 valence electrons. The van der Waals surface area contributed by atoms with E-state index in [1.807, 2.05) is 37.3 Å². The van der Waals surface area contributed by atoms with Crippen molar-refractivity contribution < 1.29 is 13.2 Å². The first-order valence-electron chi connectivity index (χ1n) is 9.18. The highest BCUT2D eigenvalue weighted by Crippen LogP contribution is 2.23. The van der Waals surface area contributed by atoms with E-state index in [1.165, 1.54) is 5.56 Å². The number of rotatable bonds is 8. The first-order valence-corrected chi connectivity index (χ1v) is 11.0. The Morgan fingerprint density at radius 2 is 1.81 bits per heavy atom. The van der Waals surface area contributed by atoms with Gasteiger partial charge in [-0.3, -0.25) is 9.10 Å². The fraction of sp³-hybridized carbons (Fsp3) is 0.381. The summed E-state index contributed by atoms with van der Waals surface area (Å²) in [7, 11) is -3.62. The van der Waals surface area contributed by atoms with Crippen LogP contribution in [0, 0.1) is 6.92 Å². The second kappa shape index (κ2) is 9.04. The molecular weight excluding hydrogens is 360 g/mol. The van der Waals surface area contributed by atoms with Crippen LogP contribution in [0.25, 0.3) is 0 Å². The van der Waals surface area contributed by atoms with E-state index in [0.29, 0.717) is 11.4 Å². The highest BCUT2D eigenvalue weighted by Gasteiger charge is 2.29. The molecule has 1 N–H and O–H groups in total. The van der Waals surface area contributed by atoms with Crippen LogP contribution in [0.3, 0.4) is 0 Å². The van der Waals surface area contributed by atoms with Gasteiger partial charge in [0.05, 0.1) is 11.9 Å². The van der Waals surface area contributed by atoms with Crippen LogP contribution in [0.1, 0.15) is 37.8 Å². The third kappa shape index (κ3) is 5.82. The zero-order chi connectivity index (χ0) is 20.0. The van der Waals surface area contributed by atoms with Gasteiger partial charge in [0.2, 0.25) is 15.9 Å². The fourth-order valence-corrected chi connectivity index (χ4v) is 4.12. The van der Waals surface area contributed by atoms with Crippen LogP contribution in [0.4, 0.5) is 11.4 Å². The number of nitrogens with zero attached hydrogens (tertiary/aromatic N) is 1. The maximum Gasteiger partial charge on any atom is 0.247 e. The van der Waals surface area contributed by atoms with Gasteiger partial charge < -0.3 is 5.32 Å². The highest BCUT2D eigenvalue weighted by atomic mass is 32.2.